The first-order chi connectivity index (χ1) is 18.0. The van der Waals surface area contributed by atoms with Crippen LogP contribution >= 0.6 is 23.1 Å². The van der Waals surface area contributed by atoms with Crippen LogP contribution in [0.2, 0.25) is 0 Å². The monoisotopic (exact) mass is 537 g/mol. The molecule has 1 aromatic carbocycles. The number of nitrogens with zero attached hydrogens (tertiary/aromatic N) is 5. The van der Waals surface area contributed by atoms with Crippen molar-refractivity contribution >= 4 is 35.0 Å². The molecule has 4 heterocycles. The molecule has 0 spiro atoms. The molecule has 192 valence electrons. The molecule has 1 atom stereocenters. The molecule has 9 nitrogen and oxygen atoms in total. The van der Waals surface area contributed by atoms with Crippen LogP contribution in [0.15, 0.2) is 57.6 Å². The maximum atomic E-state index is 13.1. The lowest BCUT2D eigenvalue weighted by Crippen LogP contribution is -2.43. The molecule has 4 aromatic rings. The number of likely N-dealkylation sites (tertiary alicyclic amines) is 1. The Morgan fingerprint density at radius 3 is 2.81 bits per heavy atom. The number of piperidine rings is 1. The minimum atomic E-state index is -0.275. The number of rotatable bonds is 8. The number of furan rings is 1. The van der Waals surface area contributed by atoms with E-state index < -0.39 is 0 Å². The zero-order valence-electron chi connectivity index (χ0n) is 20.6. The first-order valence-corrected chi connectivity index (χ1v) is 14.0. The van der Waals surface area contributed by atoms with Gasteiger partial charge in [-0.05, 0) is 51.0 Å². The standard InChI is InChI=1S/C26H27N5O4S2/c1-3-34-25(33)18-6-4-12-30(14-18)24(32)20-15-36-22(27-20)16-37-26-29-28-23(21-7-5-13-35-21)31(26)19-10-8-17(2)9-11-19/h5,7-11,13,15,18H,3-4,6,12,14,16H2,1-2H3. The van der Waals surface area contributed by atoms with Gasteiger partial charge in [0.05, 0.1) is 24.5 Å². The van der Waals surface area contributed by atoms with Gasteiger partial charge < -0.3 is 14.1 Å². The molecule has 1 fully saturated rings. The van der Waals surface area contributed by atoms with Crippen LogP contribution in [-0.4, -0.2) is 56.2 Å². The summed E-state index contributed by atoms with van der Waals surface area (Å²) in [6, 6.07) is 11.8. The first-order valence-electron chi connectivity index (χ1n) is 12.1. The van der Waals surface area contributed by atoms with Gasteiger partial charge in [-0.1, -0.05) is 29.5 Å². The van der Waals surface area contributed by atoms with E-state index in [0.717, 1.165) is 29.1 Å². The minimum absolute atomic E-state index is 0.149. The smallest absolute Gasteiger partial charge is 0.310 e. The molecule has 11 heteroatoms. The number of carbonyl (C=O) groups is 2. The van der Waals surface area contributed by atoms with E-state index in [4.69, 9.17) is 9.15 Å². The van der Waals surface area contributed by atoms with Crippen molar-refractivity contribution in [3.8, 4) is 17.3 Å². The number of esters is 1. The lowest BCUT2D eigenvalue weighted by atomic mass is 9.98. The van der Waals surface area contributed by atoms with Crippen LogP contribution in [0.5, 0.6) is 0 Å². The summed E-state index contributed by atoms with van der Waals surface area (Å²) in [6.45, 7) is 5.16. The van der Waals surface area contributed by atoms with E-state index in [2.05, 4.69) is 15.2 Å². The van der Waals surface area contributed by atoms with Gasteiger partial charge in [0.25, 0.3) is 5.91 Å². The number of thiazole rings is 1. The quantitative estimate of drug-likeness (QED) is 0.229. The second-order valence-electron chi connectivity index (χ2n) is 8.71. The molecule has 5 rings (SSSR count). The third-order valence-electron chi connectivity index (χ3n) is 6.09. The van der Waals surface area contributed by atoms with Crippen LogP contribution in [0.1, 0.15) is 40.8 Å². The SMILES string of the molecule is CCOC(=O)C1CCCN(C(=O)c2csc(CSc3nnc(-c4ccco4)n3-c3ccc(C)cc3)n2)C1. The Hall–Kier alpha value is -3.44. The van der Waals surface area contributed by atoms with Gasteiger partial charge in [0.15, 0.2) is 10.9 Å². The molecular formula is C26H27N5O4S2. The number of amides is 1. The van der Waals surface area contributed by atoms with Crippen molar-refractivity contribution in [1.29, 1.82) is 0 Å². The summed E-state index contributed by atoms with van der Waals surface area (Å²) in [5.74, 6) is 1.12. The van der Waals surface area contributed by atoms with Crippen molar-refractivity contribution in [2.75, 3.05) is 19.7 Å². The molecule has 0 radical (unpaired) electrons. The van der Waals surface area contributed by atoms with Crippen molar-refractivity contribution in [2.45, 2.75) is 37.6 Å². The predicted octanol–water partition coefficient (Wildman–Crippen LogP) is 5.00. The molecule has 1 aliphatic rings. The van der Waals surface area contributed by atoms with Gasteiger partial charge in [-0.25, -0.2) is 4.98 Å². The maximum Gasteiger partial charge on any atom is 0.310 e. The lowest BCUT2D eigenvalue weighted by Gasteiger charge is -2.31. The predicted molar refractivity (Wildman–Crippen MR) is 141 cm³/mol. The third kappa shape index (κ3) is 5.62. The van der Waals surface area contributed by atoms with Gasteiger partial charge in [0.1, 0.15) is 10.7 Å². The van der Waals surface area contributed by atoms with Gasteiger partial charge in [0, 0.05) is 24.2 Å². The number of aryl methyl sites for hydroxylation is 1. The molecule has 0 saturated carbocycles. The fraction of sp³-hybridized carbons (Fsp3) is 0.346. The maximum absolute atomic E-state index is 13.1. The molecule has 0 bridgehead atoms. The third-order valence-corrected chi connectivity index (χ3v) is 8.06. The van der Waals surface area contributed by atoms with Crippen LogP contribution < -0.4 is 0 Å². The fourth-order valence-electron chi connectivity index (χ4n) is 4.23. The Morgan fingerprint density at radius 2 is 2.05 bits per heavy atom. The number of thioether (sulfide) groups is 1. The van der Waals surface area contributed by atoms with E-state index in [0.29, 0.717) is 47.9 Å². The highest BCUT2D eigenvalue weighted by Crippen LogP contribution is 2.31. The number of ether oxygens (including phenoxy) is 1. The molecule has 0 N–H and O–H groups in total. The van der Waals surface area contributed by atoms with E-state index in [1.165, 1.54) is 23.1 Å². The van der Waals surface area contributed by atoms with E-state index in [1.807, 2.05) is 47.9 Å². The second-order valence-corrected chi connectivity index (χ2v) is 10.6. The summed E-state index contributed by atoms with van der Waals surface area (Å²) in [5, 5.41) is 12.1. The highest BCUT2D eigenvalue weighted by atomic mass is 32.2. The number of carbonyl (C=O) groups excluding carboxylic acids is 2. The molecule has 1 aliphatic heterocycles. The first kappa shape index (κ1) is 25.2. The highest BCUT2D eigenvalue weighted by Gasteiger charge is 2.30. The van der Waals surface area contributed by atoms with Crippen molar-refractivity contribution in [3.05, 3.63) is 64.3 Å². The fourth-order valence-corrected chi connectivity index (χ4v) is 5.97. The second kappa shape index (κ2) is 11.3. The normalized spacial score (nSPS) is 15.6. The number of hydrogen-bond acceptors (Lipinski definition) is 9. The molecule has 1 amide bonds. The summed E-state index contributed by atoms with van der Waals surface area (Å²) >= 11 is 2.93. The number of aromatic nitrogens is 4. The summed E-state index contributed by atoms with van der Waals surface area (Å²) in [6.07, 6.45) is 3.12. The van der Waals surface area contributed by atoms with Crippen LogP contribution in [0, 0.1) is 12.8 Å². The largest absolute Gasteiger partial charge is 0.466 e. The zero-order chi connectivity index (χ0) is 25.8. The van der Waals surface area contributed by atoms with Crippen LogP contribution in [0.3, 0.4) is 0 Å². The van der Waals surface area contributed by atoms with E-state index in [9.17, 15) is 9.59 Å². The van der Waals surface area contributed by atoms with Gasteiger partial charge in [-0.2, -0.15) is 0 Å². The molecular weight excluding hydrogens is 510 g/mol. The van der Waals surface area contributed by atoms with Crippen molar-refractivity contribution < 1.29 is 18.7 Å². The lowest BCUT2D eigenvalue weighted by molar-refractivity contribution is -0.149. The summed E-state index contributed by atoms with van der Waals surface area (Å²) in [7, 11) is 0. The number of benzene rings is 1. The summed E-state index contributed by atoms with van der Waals surface area (Å²) in [5.41, 5.74) is 2.50. The van der Waals surface area contributed by atoms with Crippen molar-refractivity contribution in [2.24, 2.45) is 5.92 Å². The Morgan fingerprint density at radius 1 is 1.22 bits per heavy atom. The van der Waals surface area contributed by atoms with Gasteiger partial charge in [-0.15, -0.1) is 21.5 Å². The summed E-state index contributed by atoms with van der Waals surface area (Å²) < 4.78 is 12.7. The van der Waals surface area contributed by atoms with Crippen LogP contribution in [0.4, 0.5) is 0 Å². The molecule has 1 saturated heterocycles. The molecule has 1 unspecified atom stereocenters. The molecule has 3 aromatic heterocycles. The Balaban J connectivity index is 1.30. The topological polar surface area (TPSA) is 103 Å². The van der Waals surface area contributed by atoms with E-state index in [1.54, 1.807) is 23.5 Å². The Labute approximate surface area is 222 Å². The van der Waals surface area contributed by atoms with Crippen molar-refractivity contribution in [3.63, 3.8) is 0 Å². The Kier molecular flexibility index (Phi) is 7.71. The zero-order valence-corrected chi connectivity index (χ0v) is 22.3. The Bertz CT molecular complexity index is 1360. The number of hydrogen-bond donors (Lipinski definition) is 0. The molecule has 0 aliphatic carbocycles. The molecule has 37 heavy (non-hydrogen) atoms. The van der Waals surface area contributed by atoms with Crippen LogP contribution in [-0.2, 0) is 15.3 Å². The van der Waals surface area contributed by atoms with Gasteiger partial charge >= 0.3 is 5.97 Å². The minimum Gasteiger partial charge on any atom is -0.466 e. The van der Waals surface area contributed by atoms with Gasteiger partial charge in [-0.3, -0.25) is 14.2 Å². The van der Waals surface area contributed by atoms with Gasteiger partial charge in [0.2, 0.25) is 5.82 Å². The summed E-state index contributed by atoms with van der Waals surface area (Å²) in [4.78, 5) is 31.5. The average molecular weight is 538 g/mol. The van der Waals surface area contributed by atoms with E-state index >= 15 is 0 Å². The highest BCUT2D eigenvalue weighted by molar-refractivity contribution is 7.98. The van der Waals surface area contributed by atoms with E-state index in [-0.39, 0.29) is 17.8 Å². The van der Waals surface area contributed by atoms with Crippen LogP contribution in [0.25, 0.3) is 17.3 Å². The average Bonchev–Trinajstić information content (AvgIpc) is 3.69. The van der Waals surface area contributed by atoms with Crippen molar-refractivity contribution in [1.82, 2.24) is 24.6 Å².